The number of benzene rings is 1. The smallest absolute Gasteiger partial charge is 0.269 e. The van der Waals surface area contributed by atoms with Crippen LogP contribution < -0.4 is 10.6 Å². The van der Waals surface area contributed by atoms with E-state index in [0.29, 0.717) is 25.2 Å². The Hall–Kier alpha value is -1.99. The molecule has 0 aromatic heterocycles. The van der Waals surface area contributed by atoms with E-state index in [9.17, 15) is 14.9 Å². The van der Waals surface area contributed by atoms with Crippen LogP contribution in [0.4, 0.5) is 5.69 Å². The molecule has 2 rings (SSSR count). The second-order valence-electron chi connectivity index (χ2n) is 5.07. The molecule has 1 amide bonds. The Balaban J connectivity index is 1.90. The van der Waals surface area contributed by atoms with Crippen molar-refractivity contribution in [2.75, 3.05) is 19.8 Å². The summed E-state index contributed by atoms with van der Waals surface area (Å²) in [7, 11) is 0. The molecule has 0 saturated carbocycles. The molecular formula is C14H19N3O4. The van der Waals surface area contributed by atoms with Gasteiger partial charge in [-0.3, -0.25) is 14.9 Å². The fourth-order valence-electron chi connectivity index (χ4n) is 2.27. The van der Waals surface area contributed by atoms with Crippen LogP contribution in [-0.4, -0.2) is 36.6 Å². The van der Waals surface area contributed by atoms with Crippen LogP contribution in [0.25, 0.3) is 0 Å². The molecule has 0 spiro atoms. The number of nitrogens with zero attached hydrogens (tertiary/aromatic N) is 1. The molecule has 7 heteroatoms. The summed E-state index contributed by atoms with van der Waals surface area (Å²) in [5, 5.41) is 16.8. The second kappa shape index (κ2) is 7.14. The maximum atomic E-state index is 12.0. The SMILES string of the molecule is CC(NC(=O)CC1COCCN1)c1cccc([N+](=O)[O-])c1. The van der Waals surface area contributed by atoms with Crippen LogP contribution in [0, 0.1) is 10.1 Å². The van der Waals surface area contributed by atoms with Crippen molar-refractivity contribution in [1.82, 2.24) is 10.6 Å². The highest BCUT2D eigenvalue weighted by Gasteiger charge is 2.19. The summed E-state index contributed by atoms with van der Waals surface area (Å²) in [5.41, 5.74) is 0.737. The summed E-state index contributed by atoms with van der Waals surface area (Å²) in [6, 6.07) is 6.04. The molecule has 1 saturated heterocycles. The summed E-state index contributed by atoms with van der Waals surface area (Å²) in [4.78, 5) is 22.3. The Morgan fingerprint density at radius 2 is 2.43 bits per heavy atom. The summed E-state index contributed by atoms with van der Waals surface area (Å²) in [5.74, 6) is -0.1000. The number of nitrogens with one attached hydrogen (secondary N) is 2. The van der Waals surface area contributed by atoms with Gasteiger partial charge in [0.25, 0.3) is 5.69 Å². The minimum atomic E-state index is -0.443. The lowest BCUT2D eigenvalue weighted by Gasteiger charge is -2.24. The Morgan fingerprint density at radius 3 is 3.10 bits per heavy atom. The van der Waals surface area contributed by atoms with Crippen molar-refractivity contribution < 1.29 is 14.5 Å². The standard InChI is InChI=1S/C14H19N3O4/c1-10(11-3-2-4-13(7-11)17(19)20)16-14(18)8-12-9-21-6-5-15-12/h2-4,7,10,12,15H,5-6,8-9H2,1H3,(H,16,18). The van der Waals surface area contributed by atoms with Gasteiger partial charge < -0.3 is 15.4 Å². The van der Waals surface area contributed by atoms with Gasteiger partial charge in [-0.1, -0.05) is 12.1 Å². The minimum absolute atomic E-state index is 0.0240. The number of carbonyl (C=O) groups excluding carboxylic acids is 1. The summed E-state index contributed by atoms with van der Waals surface area (Å²) in [6.07, 6.45) is 0.333. The topological polar surface area (TPSA) is 93.5 Å². The van der Waals surface area contributed by atoms with Crippen LogP contribution in [0.1, 0.15) is 24.9 Å². The van der Waals surface area contributed by atoms with E-state index in [1.807, 2.05) is 6.92 Å². The van der Waals surface area contributed by atoms with E-state index in [-0.39, 0.29) is 23.7 Å². The number of non-ortho nitro benzene ring substituents is 1. The van der Waals surface area contributed by atoms with Gasteiger partial charge in [0.05, 0.1) is 24.2 Å². The average Bonchev–Trinajstić information content (AvgIpc) is 2.48. The quantitative estimate of drug-likeness (QED) is 0.627. The number of ether oxygens (including phenoxy) is 1. The first kappa shape index (κ1) is 15.4. The van der Waals surface area contributed by atoms with Crippen LogP contribution in [0.2, 0.25) is 0 Å². The molecule has 21 heavy (non-hydrogen) atoms. The lowest BCUT2D eigenvalue weighted by molar-refractivity contribution is -0.384. The lowest BCUT2D eigenvalue weighted by atomic mass is 10.1. The lowest BCUT2D eigenvalue weighted by Crippen LogP contribution is -2.44. The molecule has 1 aliphatic heterocycles. The van der Waals surface area contributed by atoms with Gasteiger partial charge >= 0.3 is 0 Å². The number of hydrogen-bond acceptors (Lipinski definition) is 5. The largest absolute Gasteiger partial charge is 0.378 e. The number of hydrogen-bond donors (Lipinski definition) is 2. The van der Waals surface area contributed by atoms with Crippen LogP contribution >= 0.6 is 0 Å². The molecule has 7 nitrogen and oxygen atoms in total. The molecular weight excluding hydrogens is 274 g/mol. The first-order valence-corrected chi connectivity index (χ1v) is 6.91. The van der Waals surface area contributed by atoms with Crippen LogP contribution in [0.5, 0.6) is 0 Å². The molecule has 2 unspecified atom stereocenters. The number of morpholine rings is 1. The van der Waals surface area contributed by atoms with Gasteiger partial charge in [0, 0.05) is 31.1 Å². The third-order valence-corrected chi connectivity index (χ3v) is 3.39. The van der Waals surface area contributed by atoms with Gasteiger partial charge in [0.15, 0.2) is 0 Å². The van der Waals surface area contributed by atoms with Gasteiger partial charge in [0.2, 0.25) is 5.91 Å². The van der Waals surface area contributed by atoms with Crippen LogP contribution in [0.3, 0.4) is 0 Å². The normalized spacial score (nSPS) is 19.8. The third-order valence-electron chi connectivity index (χ3n) is 3.39. The fraction of sp³-hybridized carbons (Fsp3) is 0.500. The maximum Gasteiger partial charge on any atom is 0.269 e. The Kier molecular flexibility index (Phi) is 5.24. The van der Waals surface area contributed by atoms with E-state index >= 15 is 0 Å². The van der Waals surface area contributed by atoms with E-state index in [1.54, 1.807) is 12.1 Å². The molecule has 1 fully saturated rings. The molecule has 2 N–H and O–H groups in total. The molecule has 1 aromatic carbocycles. The molecule has 1 aromatic rings. The Labute approximate surface area is 122 Å². The highest BCUT2D eigenvalue weighted by molar-refractivity contribution is 5.77. The van der Waals surface area contributed by atoms with Crippen LogP contribution in [0.15, 0.2) is 24.3 Å². The first-order valence-electron chi connectivity index (χ1n) is 6.91. The molecule has 0 aliphatic carbocycles. The predicted octanol–water partition coefficient (Wildman–Crippen LogP) is 1.15. The summed E-state index contributed by atoms with van der Waals surface area (Å²) < 4.78 is 5.30. The Bertz CT molecular complexity index is 515. The number of nitro benzene ring substituents is 1. The highest BCUT2D eigenvalue weighted by Crippen LogP contribution is 2.19. The minimum Gasteiger partial charge on any atom is -0.378 e. The van der Waals surface area contributed by atoms with E-state index in [2.05, 4.69) is 10.6 Å². The molecule has 1 heterocycles. The predicted molar refractivity (Wildman–Crippen MR) is 76.9 cm³/mol. The molecule has 2 atom stereocenters. The molecule has 0 bridgehead atoms. The zero-order valence-electron chi connectivity index (χ0n) is 11.9. The van der Waals surface area contributed by atoms with Crippen molar-refractivity contribution in [2.45, 2.75) is 25.4 Å². The van der Waals surface area contributed by atoms with Crippen LogP contribution in [-0.2, 0) is 9.53 Å². The van der Waals surface area contributed by atoms with Gasteiger partial charge in [-0.2, -0.15) is 0 Å². The Morgan fingerprint density at radius 1 is 1.62 bits per heavy atom. The number of nitro groups is 1. The highest BCUT2D eigenvalue weighted by atomic mass is 16.6. The van der Waals surface area contributed by atoms with Gasteiger partial charge in [0.1, 0.15) is 0 Å². The van der Waals surface area contributed by atoms with E-state index in [1.165, 1.54) is 12.1 Å². The van der Waals surface area contributed by atoms with Gasteiger partial charge in [-0.15, -0.1) is 0 Å². The van der Waals surface area contributed by atoms with Crippen molar-refractivity contribution in [3.63, 3.8) is 0 Å². The first-order chi connectivity index (χ1) is 10.1. The fourth-order valence-corrected chi connectivity index (χ4v) is 2.27. The molecule has 0 radical (unpaired) electrons. The third kappa shape index (κ3) is 4.51. The number of amides is 1. The zero-order valence-corrected chi connectivity index (χ0v) is 11.9. The van der Waals surface area contributed by atoms with Crippen molar-refractivity contribution >= 4 is 11.6 Å². The monoisotopic (exact) mass is 293 g/mol. The summed E-state index contributed by atoms with van der Waals surface area (Å²) >= 11 is 0. The van der Waals surface area contributed by atoms with Gasteiger partial charge in [-0.05, 0) is 12.5 Å². The number of carbonyl (C=O) groups is 1. The van der Waals surface area contributed by atoms with Gasteiger partial charge in [-0.25, -0.2) is 0 Å². The van der Waals surface area contributed by atoms with E-state index in [4.69, 9.17) is 4.74 Å². The average molecular weight is 293 g/mol. The summed E-state index contributed by atoms with van der Waals surface area (Å²) in [6.45, 7) is 3.75. The van der Waals surface area contributed by atoms with Crippen molar-refractivity contribution in [2.24, 2.45) is 0 Å². The second-order valence-corrected chi connectivity index (χ2v) is 5.07. The maximum absolute atomic E-state index is 12.0. The van der Waals surface area contributed by atoms with Crippen molar-refractivity contribution in [1.29, 1.82) is 0 Å². The van der Waals surface area contributed by atoms with E-state index in [0.717, 1.165) is 6.54 Å². The van der Waals surface area contributed by atoms with Crippen molar-refractivity contribution in [3.05, 3.63) is 39.9 Å². The molecule has 1 aliphatic rings. The van der Waals surface area contributed by atoms with E-state index < -0.39 is 4.92 Å². The zero-order chi connectivity index (χ0) is 15.2. The number of rotatable bonds is 5. The molecule has 114 valence electrons. The van der Waals surface area contributed by atoms with Crippen molar-refractivity contribution in [3.8, 4) is 0 Å².